The van der Waals surface area contributed by atoms with Crippen LogP contribution >= 0.6 is 39.3 Å². The van der Waals surface area contributed by atoms with Crippen LogP contribution in [0, 0.1) is 0 Å². The molecule has 0 saturated carbocycles. The van der Waals surface area contributed by atoms with Crippen LogP contribution in [0.15, 0.2) is 56.9 Å². The first-order valence-corrected chi connectivity index (χ1v) is 9.80. The monoisotopic (exact) mass is 438 g/mol. The van der Waals surface area contributed by atoms with Gasteiger partial charge in [0.15, 0.2) is 5.16 Å². The van der Waals surface area contributed by atoms with Crippen molar-refractivity contribution in [2.45, 2.75) is 17.5 Å². The maximum Gasteiger partial charge on any atom is 0.262 e. The van der Waals surface area contributed by atoms with Crippen LogP contribution in [0.5, 0.6) is 0 Å². The predicted molar refractivity (Wildman–Crippen MR) is 107 cm³/mol. The minimum atomic E-state index is -0.0722. The molecule has 0 unspecified atom stereocenters. The third-order valence-corrected chi connectivity index (χ3v) is 5.49. The zero-order valence-electron chi connectivity index (χ0n) is 13.5. The molecule has 0 aliphatic heterocycles. The summed E-state index contributed by atoms with van der Waals surface area (Å²) in [5.41, 5.74) is 1.70. The minimum absolute atomic E-state index is 0.0722. The molecule has 3 rings (SSSR count). The number of nitrogens with zero attached hydrogens (tertiary/aromatic N) is 2. The lowest BCUT2D eigenvalue weighted by Crippen LogP contribution is -2.25. The zero-order valence-corrected chi connectivity index (χ0v) is 16.7. The Labute approximate surface area is 163 Å². The molecule has 0 atom stereocenters. The van der Waals surface area contributed by atoms with Crippen LogP contribution < -0.4 is 5.56 Å². The van der Waals surface area contributed by atoms with Crippen LogP contribution in [-0.4, -0.2) is 23.3 Å². The number of ether oxygens (including phenoxy) is 1. The van der Waals surface area contributed by atoms with Crippen LogP contribution in [-0.2, 0) is 17.0 Å². The SMILES string of the molecule is COCCn1c(SCc2ccc(Br)cc2)nc2cc(Cl)ccc2c1=O. The van der Waals surface area contributed by atoms with Gasteiger partial charge in [-0.05, 0) is 35.9 Å². The number of aromatic nitrogens is 2. The maximum atomic E-state index is 12.8. The van der Waals surface area contributed by atoms with Crippen molar-refractivity contribution >= 4 is 50.2 Å². The molecule has 0 N–H and O–H groups in total. The summed E-state index contributed by atoms with van der Waals surface area (Å²) >= 11 is 11.0. The Hall–Kier alpha value is -1.34. The Kier molecular flexibility index (Phi) is 6.17. The van der Waals surface area contributed by atoms with Crippen molar-refractivity contribution in [2.75, 3.05) is 13.7 Å². The van der Waals surface area contributed by atoms with Gasteiger partial charge in [0.1, 0.15) is 0 Å². The maximum absolute atomic E-state index is 12.8. The van der Waals surface area contributed by atoms with E-state index in [0.29, 0.717) is 34.2 Å². The van der Waals surface area contributed by atoms with Crippen molar-refractivity contribution in [1.29, 1.82) is 0 Å². The molecule has 3 aromatic rings. The molecular weight excluding hydrogens is 424 g/mol. The van der Waals surface area contributed by atoms with Crippen LogP contribution in [0.3, 0.4) is 0 Å². The van der Waals surface area contributed by atoms with Gasteiger partial charge in [-0.1, -0.05) is 51.4 Å². The first-order valence-electron chi connectivity index (χ1n) is 7.65. The van der Waals surface area contributed by atoms with E-state index in [1.807, 2.05) is 24.3 Å². The van der Waals surface area contributed by atoms with E-state index in [1.165, 1.54) is 11.8 Å². The highest BCUT2D eigenvalue weighted by Crippen LogP contribution is 2.24. The average molecular weight is 440 g/mol. The fourth-order valence-electron chi connectivity index (χ4n) is 2.39. The Bertz CT molecular complexity index is 944. The average Bonchev–Trinajstić information content (AvgIpc) is 2.60. The van der Waals surface area contributed by atoms with E-state index >= 15 is 0 Å². The third-order valence-electron chi connectivity index (χ3n) is 3.68. The second-order valence-corrected chi connectivity index (χ2v) is 7.72. The molecular formula is C18H16BrClN2O2S. The molecule has 0 radical (unpaired) electrons. The van der Waals surface area contributed by atoms with Gasteiger partial charge in [0.05, 0.1) is 24.1 Å². The molecule has 2 aromatic carbocycles. The van der Waals surface area contributed by atoms with Crippen molar-refractivity contribution in [3.05, 3.63) is 67.9 Å². The molecule has 130 valence electrons. The molecule has 0 aliphatic carbocycles. The molecule has 0 spiro atoms. The molecule has 7 heteroatoms. The summed E-state index contributed by atoms with van der Waals surface area (Å²) in [5, 5.41) is 1.80. The number of methoxy groups -OCH3 is 1. The molecule has 4 nitrogen and oxygen atoms in total. The fraction of sp³-hybridized carbons (Fsp3) is 0.222. The van der Waals surface area contributed by atoms with Gasteiger partial charge in [-0.25, -0.2) is 4.98 Å². The highest BCUT2D eigenvalue weighted by molar-refractivity contribution is 9.10. The van der Waals surface area contributed by atoms with Gasteiger partial charge >= 0.3 is 0 Å². The normalized spacial score (nSPS) is 11.2. The van der Waals surface area contributed by atoms with E-state index in [4.69, 9.17) is 16.3 Å². The van der Waals surface area contributed by atoms with Gasteiger partial charge in [-0.15, -0.1) is 0 Å². The number of thioether (sulfide) groups is 1. The molecule has 0 saturated heterocycles. The third kappa shape index (κ3) is 4.44. The van der Waals surface area contributed by atoms with Crippen LogP contribution in [0.25, 0.3) is 10.9 Å². The lowest BCUT2D eigenvalue weighted by Gasteiger charge is -2.13. The van der Waals surface area contributed by atoms with Crippen molar-refractivity contribution in [1.82, 2.24) is 9.55 Å². The van der Waals surface area contributed by atoms with E-state index in [9.17, 15) is 4.79 Å². The lowest BCUT2D eigenvalue weighted by molar-refractivity contribution is 0.183. The summed E-state index contributed by atoms with van der Waals surface area (Å²) in [5.74, 6) is 0.721. The van der Waals surface area contributed by atoms with Gasteiger partial charge in [0.2, 0.25) is 0 Å². The van der Waals surface area contributed by atoms with E-state index < -0.39 is 0 Å². The summed E-state index contributed by atoms with van der Waals surface area (Å²) < 4.78 is 7.85. The van der Waals surface area contributed by atoms with E-state index in [1.54, 1.807) is 29.9 Å². The second-order valence-electron chi connectivity index (χ2n) is 5.42. The number of halogens is 2. The summed E-state index contributed by atoms with van der Waals surface area (Å²) in [4.78, 5) is 17.5. The van der Waals surface area contributed by atoms with Crippen LogP contribution in [0.1, 0.15) is 5.56 Å². The second kappa shape index (κ2) is 8.36. The van der Waals surface area contributed by atoms with Gasteiger partial charge in [0, 0.05) is 22.4 Å². The Morgan fingerprint density at radius 2 is 2.00 bits per heavy atom. The number of hydrogen-bond acceptors (Lipinski definition) is 4. The summed E-state index contributed by atoms with van der Waals surface area (Å²) in [7, 11) is 1.62. The predicted octanol–water partition coefficient (Wildman–Crippen LogP) is 4.75. The van der Waals surface area contributed by atoms with Gasteiger partial charge in [-0.3, -0.25) is 9.36 Å². The fourth-order valence-corrected chi connectivity index (χ4v) is 3.80. The van der Waals surface area contributed by atoms with Crippen molar-refractivity contribution in [3.63, 3.8) is 0 Å². The molecule has 25 heavy (non-hydrogen) atoms. The van der Waals surface area contributed by atoms with Crippen molar-refractivity contribution < 1.29 is 4.74 Å². The smallest absolute Gasteiger partial charge is 0.262 e. The quantitative estimate of drug-likeness (QED) is 0.411. The largest absolute Gasteiger partial charge is 0.383 e. The molecule has 1 heterocycles. The molecule has 0 aliphatic rings. The van der Waals surface area contributed by atoms with Crippen LogP contribution in [0.2, 0.25) is 5.02 Å². The first-order chi connectivity index (χ1) is 12.1. The Balaban J connectivity index is 1.98. The van der Waals surface area contributed by atoms with Crippen LogP contribution in [0.4, 0.5) is 0 Å². The summed E-state index contributed by atoms with van der Waals surface area (Å²) in [6, 6.07) is 13.3. The van der Waals surface area contributed by atoms with E-state index in [-0.39, 0.29) is 5.56 Å². The topological polar surface area (TPSA) is 44.1 Å². The van der Waals surface area contributed by atoms with E-state index in [0.717, 1.165) is 15.8 Å². The minimum Gasteiger partial charge on any atom is -0.383 e. The highest BCUT2D eigenvalue weighted by Gasteiger charge is 2.12. The zero-order chi connectivity index (χ0) is 17.8. The standard InChI is InChI=1S/C18H16BrClN2O2S/c1-24-9-8-22-17(23)15-7-6-14(20)10-16(15)21-18(22)25-11-12-2-4-13(19)5-3-12/h2-7,10H,8-9,11H2,1H3. The first kappa shape index (κ1) is 18.5. The molecule has 0 bridgehead atoms. The molecule has 1 aromatic heterocycles. The molecule has 0 fully saturated rings. The number of rotatable bonds is 6. The Morgan fingerprint density at radius 1 is 1.24 bits per heavy atom. The summed E-state index contributed by atoms with van der Waals surface area (Å²) in [6.07, 6.45) is 0. The number of hydrogen-bond donors (Lipinski definition) is 0. The number of benzene rings is 2. The lowest BCUT2D eigenvalue weighted by atomic mass is 10.2. The summed E-state index contributed by atoms with van der Waals surface area (Å²) in [6.45, 7) is 0.913. The Morgan fingerprint density at radius 3 is 2.72 bits per heavy atom. The highest BCUT2D eigenvalue weighted by atomic mass is 79.9. The van der Waals surface area contributed by atoms with Gasteiger partial charge in [-0.2, -0.15) is 0 Å². The van der Waals surface area contributed by atoms with E-state index in [2.05, 4.69) is 20.9 Å². The van der Waals surface area contributed by atoms with Gasteiger partial charge < -0.3 is 4.74 Å². The van der Waals surface area contributed by atoms with Crippen molar-refractivity contribution in [3.8, 4) is 0 Å². The van der Waals surface area contributed by atoms with Gasteiger partial charge in [0.25, 0.3) is 5.56 Å². The number of fused-ring (bicyclic) bond motifs is 1. The van der Waals surface area contributed by atoms with Crippen molar-refractivity contribution in [2.24, 2.45) is 0 Å². The molecule has 0 amide bonds.